The van der Waals surface area contributed by atoms with E-state index in [2.05, 4.69) is 19.0 Å². The Morgan fingerprint density at radius 2 is 2.38 bits per heavy atom. The molecule has 0 radical (unpaired) electrons. The second-order valence-corrected chi connectivity index (χ2v) is 3.87. The fourth-order valence-electron chi connectivity index (χ4n) is 0.870. The molecule has 9 heteroatoms. The van der Waals surface area contributed by atoms with E-state index in [0.717, 1.165) is 5.23 Å². The minimum absolute atomic E-state index is 0.0407. The number of aliphatic hydroxyl groups excluding tert-OH is 1. The summed E-state index contributed by atoms with van der Waals surface area (Å²) in [5.41, 5.74) is 0. The Balaban J connectivity index is 2.05. The van der Waals surface area contributed by atoms with Crippen LogP contribution in [0.5, 0.6) is 0 Å². The maximum atomic E-state index is 10.9. The van der Waals surface area contributed by atoms with Gasteiger partial charge in [-0.05, 0) is 5.16 Å². The number of oxime groups is 1. The van der Waals surface area contributed by atoms with Crippen molar-refractivity contribution in [2.75, 3.05) is 20.2 Å². The zero-order valence-electron chi connectivity index (χ0n) is 6.78. The highest BCUT2D eigenvalue weighted by Crippen LogP contribution is 2.62. The smallest absolute Gasteiger partial charge is 0.395 e. The Morgan fingerprint density at radius 3 is 2.85 bits per heavy atom. The molecule has 3 aliphatic heterocycles. The molecule has 1 fully saturated rings. The molecule has 0 saturated carbocycles. The lowest BCUT2D eigenvalue weighted by atomic mass is 10.6. The molecule has 3 rings (SSSR count). The highest BCUT2D eigenvalue weighted by atomic mass is 31.2. The number of hydrogen-bond donors (Lipinski definition) is 1. The van der Waals surface area contributed by atoms with Gasteiger partial charge >= 0.3 is 7.82 Å². The number of rotatable bonds is 2. The predicted octanol–water partition coefficient (Wildman–Crippen LogP) is -0.501. The van der Waals surface area contributed by atoms with Gasteiger partial charge in [0.2, 0.25) is 0 Å². The standard InChI is InChI=1S/C4H8N3O5P/c1-6(2-3-8)4-5-10-13(9)11-7(4)12-13/h8H,2-3H2,1H3. The lowest BCUT2D eigenvalue weighted by molar-refractivity contribution is -0.317. The van der Waals surface area contributed by atoms with Crippen LogP contribution in [0.2, 0.25) is 0 Å². The van der Waals surface area contributed by atoms with Crippen LogP contribution >= 0.6 is 7.82 Å². The molecule has 0 unspecified atom stereocenters. The van der Waals surface area contributed by atoms with Crippen molar-refractivity contribution in [2.24, 2.45) is 5.16 Å². The fourth-order valence-corrected chi connectivity index (χ4v) is 1.62. The summed E-state index contributed by atoms with van der Waals surface area (Å²) in [6.45, 7) is 0.302. The molecule has 1 saturated heterocycles. The highest BCUT2D eigenvalue weighted by molar-refractivity contribution is 7.49. The van der Waals surface area contributed by atoms with Gasteiger partial charge in [-0.1, -0.05) is 5.23 Å². The van der Waals surface area contributed by atoms with Crippen molar-refractivity contribution in [2.45, 2.75) is 0 Å². The first-order valence-corrected chi connectivity index (χ1v) is 4.99. The summed E-state index contributed by atoms with van der Waals surface area (Å²) in [4.78, 5) is 1.53. The van der Waals surface area contributed by atoms with Crippen LogP contribution < -0.4 is 0 Å². The summed E-state index contributed by atoms with van der Waals surface area (Å²) < 4.78 is 24.7. The van der Waals surface area contributed by atoms with Crippen LogP contribution in [0.3, 0.4) is 0 Å². The van der Waals surface area contributed by atoms with E-state index in [9.17, 15) is 4.57 Å². The third-order valence-electron chi connectivity index (χ3n) is 1.51. The Hall–Kier alpha value is -0.820. The number of hydrogen-bond acceptors (Lipinski definition) is 8. The van der Waals surface area contributed by atoms with Gasteiger partial charge in [-0.25, -0.2) is 4.57 Å². The van der Waals surface area contributed by atoms with Crippen LogP contribution in [-0.4, -0.2) is 41.4 Å². The molecule has 8 nitrogen and oxygen atoms in total. The van der Waals surface area contributed by atoms with Crippen molar-refractivity contribution < 1.29 is 23.5 Å². The average Bonchev–Trinajstić information content (AvgIpc) is 2.03. The van der Waals surface area contributed by atoms with Gasteiger partial charge < -0.3 is 10.0 Å². The van der Waals surface area contributed by atoms with E-state index in [1.54, 1.807) is 7.05 Å². The molecule has 0 amide bonds. The zero-order valence-corrected chi connectivity index (χ0v) is 7.68. The first-order valence-electron chi connectivity index (χ1n) is 3.53. The van der Waals surface area contributed by atoms with Gasteiger partial charge in [-0.3, -0.25) is 4.62 Å². The second kappa shape index (κ2) is 2.85. The quantitative estimate of drug-likeness (QED) is 0.613. The maximum Gasteiger partial charge on any atom is 0.599 e. The largest absolute Gasteiger partial charge is 0.599 e. The van der Waals surface area contributed by atoms with Gasteiger partial charge in [0.25, 0.3) is 5.96 Å². The molecular weight excluding hydrogens is 201 g/mol. The van der Waals surface area contributed by atoms with E-state index in [4.69, 9.17) is 5.11 Å². The lowest BCUT2D eigenvalue weighted by Gasteiger charge is -2.39. The zero-order chi connectivity index (χ0) is 9.47. The monoisotopic (exact) mass is 209 g/mol. The van der Waals surface area contributed by atoms with Crippen molar-refractivity contribution >= 4 is 13.8 Å². The van der Waals surface area contributed by atoms with Crippen LogP contribution in [0.4, 0.5) is 0 Å². The van der Waals surface area contributed by atoms with Gasteiger partial charge in [0.15, 0.2) is 0 Å². The topological polar surface area (TPSA) is 83.8 Å². The molecule has 0 spiro atoms. The van der Waals surface area contributed by atoms with Gasteiger partial charge in [-0.15, -0.1) is 9.25 Å². The molecule has 2 bridgehead atoms. The van der Waals surface area contributed by atoms with E-state index in [1.807, 2.05) is 0 Å². The predicted molar refractivity (Wildman–Crippen MR) is 39.9 cm³/mol. The van der Waals surface area contributed by atoms with Crippen molar-refractivity contribution in [3.63, 3.8) is 0 Å². The van der Waals surface area contributed by atoms with Crippen LogP contribution in [-0.2, 0) is 18.4 Å². The van der Waals surface area contributed by atoms with Crippen molar-refractivity contribution in [3.8, 4) is 0 Å². The van der Waals surface area contributed by atoms with Crippen LogP contribution in [0.1, 0.15) is 0 Å². The number of phosphoric acid groups is 1. The van der Waals surface area contributed by atoms with E-state index < -0.39 is 7.82 Å². The van der Waals surface area contributed by atoms with Crippen molar-refractivity contribution in [1.29, 1.82) is 0 Å². The summed E-state index contributed by atoms with van der Waals surface area (Å²) in [7, 11) is -1.74. The molecule has 13 heavy (non-hydrogen) atoms. The fraction of sp³-hybridized carbons (Fsp3) is 0.750. The van der Waals surface area contributed by atoms with E-state index in [0.29, 0.717) is 6.54 Å². The summed E-state index contributed by atoms with van der Waals surface area (Å²) in [6.07, 6.45) is 0. The minimum atomic E-state index is -3.39. The minimum Gasteiger partial charge on any atom is -0.395 e. The second-order valence-electron chi connectivity index (χ2n) is 2.49. The lowest BCUT2D eigenvalue weighted by Crippen LogP contribution is -2.50. The van der Waals surface area contributed by atoms with Crippen molar-refractivity contribution in [3.05, 3.63) is 0 Å². The summed E-state index contributed by atoms with van der Waals surface area (Å²) in [6, 6.07) is 0. The summed E-state index contributed by atoms with van der Waals surface area (Å²) in [5.74, 6) is 0.215. The summed E-state index contributed by atoms with van der Waals surface area (Å²) in [5, 5.41) is 13.0. The molecule has 3 heterocycles. The Morgan fingerprint density at radius 1 is 1.69 bits per heavy atom. The van der Waals surface area contributed by atoms with E-state index in [-0.39, 0.29) is 12.6 Å². The number of likely N-dealkylation sites (N-methyl/N-ethyl adjacent to an activating group) is 1. The third kappa shape index (κ3) is 1.37. The van der Waals surface area contributed by atoms with Crippen LogP contribution in [0, 0.1) is 0 Å². The van der Waals surface area contributed by atoms with E-state index >= 15 is 0 Å². The first-order chi connectivity index (χ1) is 6.14. The molecule has 0 aromatic carbocycles. The highest BCUT2D eigenvalue weighted by Gasteiger charge is 2.54. The molecule has 1 N–H and O–H groups in total. The molecule has 0 aromatic heterocycles. The Labute approximate surface area is 73.8 Å². The number of nitrogens with zero attached hydrogens (tertiary/aromatic N) is 3. The SMILES string of the molecule is CN(CCO)C1=NOP2(=O)ON1O2. The number of hydroxylamine groups is 2. The van der Waals surface area contributed by atoms with Crippen LogP contribution in [0.15, 0.2) is 5.16 Å². The number of aliphatic hydroxyl groups is 1. The maximum absolute atomic E-state index is 10.9. The van der Waals surface area contributed by atoms with Gasteiger partial charge in [-0.2, -0.15) is 0 Å². The Bertz CT molecular complexity index is 284. The van der Waals surface area contributed by atoms with Gasteiger partial charge in [0.05, 0.1) is 6.61 Å². The third-order valence-corrected chi connectivity index (χ3v) is 2.49. The van der Waals surface area contributed by atoms with E-state index in [1.165, 1.54) is 4.90 Å². The first kappa shape index (κ1) is 8.76. The summed E-state index contributed by atoms with van der Waals surface area (Å²) >= 11 is 0. The molecule has 74 valence electrons. The molecule has 3 aliphatic rings. The van der Waals surface area contributed by atoms with Crippen molar-refractivity contribution in [1.82, 2.24) is 10.1 Å². The Kier molecular flexibility index (Phi) is 1.92. The molecule has 0 aliphatic carbocycles. The molecule has 0 aromatic rings. The van der Waals surface area contributed by atoms with Gasteiger partial charge in [0.1, 0.15) is 0 Å². The average molecular weight is 209 g/mol. The molecule has 0 atom stereocenters. The van der Waals surface area contributed by atoms with Gasteiger partial charge in [0, 0.05) is 13.6 Å². The van der Waals surface area contributed by atoms with Crippen LogP contribution in [0.25, 0.3) is 0 Å². The number of fused-ring (bicyclic) bond motifs is 1. The number of guanidine groups is 1. The molecular formula is C4H8N3O5P. The normalized spacial score (nSPS) is 22.9.